The van der Waals surface area contributed by atoms with Gasteiger partial charge in [-0.05, 0) is 53.4 Å². The van der Waals surface area contributed by atoms with E-state index in [0.29, 0.717) is 18.5 Å². The normalized spacial score (nSPS) is 16.1. The van der Waals surface area contributed by atoms with Gasteiger partial charge in [0.25, 0.3) is 5.91 Å². The van der Waals surface area contributed by atoms with Gasteiger partial charge in [0.15, 0.2) is 0 Å². The van der Waals surface area contributed by atoms with Gasteiger partial charge in [-0.1, -0.05) is 36.4 Å². The van der Waals surface area contributed by atoms with Crippen LogP contribution >= 0.6 is 0 Å². The van der Waals surface area contributed by atoms with Gasteiger partial charge < -0.3 is 4.90 Å². The zero-order chi connectivity index (χ0) is 19.0. The van der Waals surface area contributed by atoms with Crippen LogP contribution in [0.1, 0.15) is 33.1 Å². The lowest BCUT2D eigenvalue weighted by molar-refractivity contribution is 0.0689. The maximum absolute atomic E-state index is 14.2. The summed E-state index contributed by atoms with van der Waals surface area (Å²) in [7, 11) is 0. The molecule has 0 N–H and O–H groups in total. The molecule has 0 saturated heterocycles. The van der Waals surface area contributed by atoms with Gasteiger partial charge in [0.05, 0.1) is 11.6 Å². The van der Waals surface area contributed by atoms with E-state index in [1.165, 1.54) is 17.0 Å². The predicted molar refractivity (Wildman–Crippen MR) is 95.8 cm³/mol. The molecule has 3 aromatic carbocycles. The second kappa shape index (κ2) is 6.91. The molecule has 1 aliphatic heterocycles. The molecule has 1 amide bonds. The summed E-state index contributed by atoms with van der Waals surface area (Å²) in [4.78, 5) is 14.6. The molecule has 5 heteroatoms. The maximum Gasteiger partial charge on any atom is 0.257 e. The first kappa shape index (κ1) is 17.3. The maximum atomic E-state index is 14.2. The van der Waals surface area contributed by atoms with Gasteiger partial charge in [-0.25, -0.2) is 13.2 Å². The quantitative estimate of drug-likeness (QED) is 0.631. The number of hydrogen-bond acceptors (Lipinski definition) is 1. The van der Waals surface area contributed by atoms with E-state index >= 15 is 0 Å². The highest BCUT2D eigenvalue weighted by Crippen LogP contribution is 2.36. The number of fused-ring (bicyclic) bond motifs is 1. The molecule has 3 aromatic rings. The summed E-state index contributed by atoms with van der Waals surface area (Å²) in [6, 6.07) is 15.9. The molecule has 0 aliphatic carbocycles. The van der Waals surface area contributed by atoms with Gasteiger partial charge in [-0.3, -0.25) is 4.79 Å². The molecular formula is C22H16F3NO. The van der Waals surface area contributed by atoms with Crippen molar-refractivity contribution in [1.82, 2.24) is 4.90 Å². The average Bonchev–Trinajstić information content (AvgIpc) is 2.69. The first-order valence-corrected chi connectivity index (χ1v) is 8.64. The van der Waals surface area contributed by atoms with Crippen LogP contribution < -0.4 is 0 Å². The Morgan fingerprint density at radius 3 is 2.37 bits per heavy atom. The van der Waals surface area contributed by atoms with Crippen molar-refractivity contribution < 1.29 is 18.0 Å². The minimum atomic E-state index is -0.766. The van der Waals surface area contributed by atoms with Gasteiger partial charge in [0.2, 0.25) is 0 Å². The van der Waals surface area contributed by atoms with E-state index in [2.05, 4.69) is 0 Å². The number of carbonyl (C=O) groups excluding carboxylic acids is 1. The number of nitrogens with zero attached hydrogens (tertiary/aromatic N) is 1. The van der Waals surface area contributed by atoms with E-state index < -0.39 is 23.6 Å². The lowest BCUT2D eigenvalue weighted by atomic mass is 9.87. The van der Waals surface area contributed by atoms with Gasteiger partial charge in [-0.15, -0.1) is 0 Å². The third-order valence-electron chi connectivity index (χ3n) is 4.89. The number of carbonyl (C=O) groups is 1. The van der Waals surface area contributed by atoms with Gasteiger partial charge in [0, 0.05) is 6.54 Å². The van der Waals surface area contributed by atoms with Gasteiger partial charge in [0.1, 0.15) is 17.5 Å². The van der Waals surface area contributed by atoms with Crippen molar-refractivity contribution in [2.45, 2.75) is 12.5 Å². The zero-order valence-corrected chi connectivity index (χ0v) is 14.3. The minimum absolute atomic E-state index is 0.304. The molecule has 0 radical (unpaired) electrons. The van der Waals surface area contributed by atoms with Crippen LogP contribution in [0.5, 0.6) is 0 Å². The Bertz CT molecular complexity index is 1000. The number of hydrogen-bond donors (Lipinski definition) is 0. The van der Waals surface area contributed by atoms with Crippen LogP contribution in [-0.4, -0.2) is 17.4 Å². The first-order valence-electron chi connectivity index (χ1n) is 8.64. The second-order valence-corrected chi connectivity index (χ2v) is 6.53. The molecule has 0 fully saturated rings. The predicted octanol–water partition coefficient (Wildman–Crippen LogP) is 4.89. The molecule has 27 heavy (non-hydrogen) atoms. The Morgan fingerprint density at radius 1 is 0.889 bits per heavy atom. The standard InChI is InChI=1S/C22H16F3NO/c23-16-7-5-15(6-8-16)21-18-4-2-1-3-14(18)11-12-26(21)22(27)19-13-17(24)9-10-20(19)25/h1-10,13,21H,11-12H2. The van der Waals surface area contributed by atoms with Crippen molar-refractivity contribution in [3.05, 3.63) is 106 Å². The van der Waals surface area contributed by atoms with E-state index in [9.17, 15) is 18.0 Å². The van der Waals surface area contributed by atoms with Crippen molar-refractivity contribution in [2.75, 3.05) is 6.54 Å². The number of benzene rings is 3. The largest absolute Gasteiger partial charge is 0.327 e. The average molecular weight is 367 g/mol. The molecular weight excluding hydrogens is 351 g/mol. The Kier molecular flexibility index (Phi) is 4.44. The lowest BCUT2D eigenvalue weighted by Gasteiger charge is -2.38. The fraction of sp³-hybridized carbons (Fsp3) is 0.136. The smallest absolute Gasteiger partial charge is 0.257 e. The summed E-state index contributed by atoms with van der Waals surface area (Å²) in [6.07, 6.45) is 0.608. The Hall–Kier alpha value is -3.08. The van der Waals surface area contributed by atoms with E-state index in [0.717, 1.165) is 29.3 Å². The molecule has 0 bridgehead atoms. The van der Waals surface area contributed by atoms with E-state index in [4.69, 9.17) is 0 Å². The highest BCUT2D eigenvalue weighted by molar-refractivity contribution is 5.95. The van der Waals surface area contributed by atoms with Crippen molar-refractivity contribution in [3.63, 3.8) is 0 Å². The first-order chi connectivity index (χ1) is 13.0. The van der Waals surface area contributed by atoms with Crippen LogP contribution in [0, 0.1) is 17.5 Å². The third-order valence-corrected chi connectivity index (χ3v) is 4.89. The van der Waals surface area contributed by atoms with Crippen LogP contribution in [0.2, 0.25) is 0 Å². The summed E-state index contributed by atoms with van der Waals surface area (Å²) in [5.41, 5.74) is 2.39. The molecule has 4 rings (SSSR count). The van der Waals surface area contributed by atoms with Gasteiger partial charge >= 0.3 is 0 Å². The van der Waals surface area contributed by atoms with Crippen molar-refractivity contribution in [1.29, 1.82) is 0 Å². The van der Waals surface area contributed by atoms with Crippen molar-refractivity contribution in [3.8, 4) is 0 Å². The number of amides is 1. The highest BCUT2D eigenvalue weighted by Gasteiger charge is 2.33. The fourth-order valence-corrected chi connectivity index (χ4v) is 3.61. The van der Waals surface area contributed by atoms with Crippen LogP contribution in [0.15, 0.2) is 66.7 Å². The summed E-state index contributed by atoms with van der Waals surface area (Å²) in [6.45, 7) is 0.355. The van der Waals surface area contributed by atoms with Crippen LogP contribution in [0.4, 0.5) is 13.2 Å². The lowest BCUT2D eigenvalue weighted by Crippen LogP contribution is -2.41. The molecule has 136 valence electrons. The molecule has 0 aromatic heterocycles. The highest BCUT2D eigenvalue weighted by atomic mass is 19.1. The zero-order valence-electron chi connectivity index (χ0n) is 14.3. The Balaban J connectivity index is 1.82. The van der Waals surface area contributed by atoms with Gasteiger partial charge in [-0.2, -0.15) is 0 Å². The van der Waals surface area contributed by atoms with Crippen molar-refractivity contribution in [2.24, 2.45) is 0 Å². The molecule has 1 aliphatic rings. The Morgan fingerprint density at radius 2 is 1.59 bits per heavy atom. The molecule has 1 atom stereocenters. The summed E-state index contributed by atoms with van der Waals surface area (Å²) >= 11 is 0. The van der Waals surface area contributed by atoms with E-state index in [1.54, 1.807) is 12.1 Å². The Labute approximate surface area is 154 Å². The van der Waals surface area contributed by atoms with Crippen molar-refractivity contribution >= 4 is 5.91 Å². The fourth-order valence-electron chi connectivity index (χ4n) is 3.61. The molecule has 1 unspecified atom stereocenters. The number of rotatable bonds is 2. The molecule has 0 spiro atoms. The summed E-state index contributed by atoms with van der Waals surface area (Å²) in [5, 5.41) is 0. The molecule has 1 heterocycles. The summed E-state index contributed by atoms with van der Waals surface area (Å²) < 4.78 is 41.2. The van der Waals surface area contributed by atoms with Crippen LogP contribution in [0.3, 0.4) is 0 Å². The van der Waals surface area contributed by atoms with E-state index in [-0.39, 0.29) is 11.4 Å². The minimum Gasteiger partial charge on any atom is -0.327 e. The number of halogens is 3. The second-order valence-electron chi connectivity index (χ2n) is 6.53. The van der Waals surface area contributed by atoms with Crippen LogP contribution in [-0.2, 0) is 6.42 Å². The summed E-state index contributed by atoms with van der Waals surface area (Å²) in [5.74, 6) is -2.40. The topological polar surface area (TPSA) is 20.3 Å². The third kappa shape index (κ3) is 3.21. The van der Waals surface area contributed by atoms with E-state index in [1.807, 2.05) is 24.3 Å². The monoisotopic (exact) mass is 367 g/mol. The SMILES string of the molecule is O=C(c1cc(F)ccc1F)N1CCc2ccccc2C1c1ccc(F)cc1. The molecule has 2 nitrogen and oxygen atoms in total. The van der Waals surface area contributed by atoms with Crippen LogP contribution in [0.25, 0.3) is 0 Å². The molecule has 0 saturated carbocycles.